The Kier molecular flexibility index (Phi) is 2.88. The van der Waals surface area contributed by atoms with Crippen LogP contribution in [0.4, 0.5) is 0 Å². The van der Waals surface area contributed by atoms with Gasteiger partial charge < -0.3 is 5.32 Å². The predicted octanol–water partition coefficient (Wildman–Crippen LogP) is 1.08. The normalized spacial score (nSPS) is 31.9. The standard InChI is InChI=1S/C12H21N5/c1-8-5-10(6-17(8)11-3-4-11)15-9(2)12-13-7-14-16-12/h7-11,15H,3-6H2,1-2H3,(H,13,14,16). The number of aromatic amines is 1. The van der Waals surface area contributed by atoms with Crippen LogP contribution in [-0.4, -0.2) is 44.8 Å². The molecule has 2 fully saturated rings. The maximum Gasteiger partial charge on any atom is 0.141 e. The molecule has 1 aromatic heterocycles. The smallest absolute Gasteiger partial charge is 0.141 e. The molecule has 5 nitrogen and oxygen atoms in total. The maximum atomic E-state index is 4.20. The zero-order chi connectivity index (χ0) is 11.8. The van der Waals surface area contributed by atoms with Crippen molar-refractivity contribution in [2.24, 2.45) is 0 Å². The molecule has 3 unspecified atom stereocenters. The first-order valence-corrected chi connectivity index (χ1v) is 6.61. The second kappa shape index (κ2) is 4.38. The van der Waals surface area contributed by atoms with Crippen LogP contribution in [0.5, 0.6) is 0 Å². The van der Waals surface area contributed by atoms with Gasteiger partial charge >= 0.3 is 0 Å². The Balaban J connectivity index is 1.56. The molecule has 0 radical (unpaired) electrons. The summed E-state index contributed by atoms with van der Waals surface area (Å²) in [6.07, 6.45) is 5.61. The van der Waals surface area contributed by atoms with Crippen LogP contribution in [0, 0.1) is 0 Å². The van der Waals surface area contributed by atoms with E-state index in [1.807, 2.05) is 0 Å². The van der Waals surface area contributed by atoms with Gasteiger partial charge in [0.25, 0.3) is 0 Å². The zero-order valence-electron chi connectivity index (χ0n) is 10.6. The lowest BCUT2D eigenvalue weighted by Crippen LogP contribution is -2.35. The summed E-state index contributed by atoms with van der Waals surface area (Å²) >= 11 is 0. The molecule has 3 rings (SSSR count). The fourth-order valence-corrected chi connectivity index (χ4v) is 2.95. The minimum absolute atomic E-state index is 0.258. The number of likely N-dealkylation sites (tertiary alicyclic amines) is 1. The molecule has 5 heteroatoms. The molecule has 1 aromatic rings. The fraction of sp³-hybridized carbons (Fsp3) is 0.833. The number of hydrogen-bond donors (Lipinski definition) is 2. The van der Waals surface area contributed by atoms with Crippen molar-refractivity contribution in [3.8, 4) is 0 Å². The van der Waals surface area contributed by atoms with Gasteiger partial charge in [-0.25, -0.2) is 4.98 Å². The van der Waals surface area contributed by atoms with Gasteiger partial charge in [-0.05, 0) is 33.1 Å². The van der Waals surface area contributed by atoms with E-state index in [9.17, 15) is 0 Å². The van der Waals surface area contributed by atoms with Gasteiger partial charge in [-0.15, -0.1) is 0 Å². The van der Waals surface area contributed by atoms with Crippen LogP contribution in [0.1, 0.15) is 45.0 Å². The molecule has 1 saturated carbocycles. The Labute approximate surface area is 102 Å². The fourth-order valence-electron chi connectivity index (χ4n) is 2.95. The topological polar surface area (TPSA) is 56.8 Å². The molecule has 17 heavy (non-hydrogen) atoms. The molecule has 2 N–H and O–H groups in total. The highest BCUT2D eigenvalue weighted by atomic mass is 15.3. The van der Waals surface area contributed by atoms with E-state index >= 15 is 0 Å². The third kappa shape index (κ3) is 2.35. The number of rotatable bonds is 4. The van der Waals surface area contributed by atoms with Crippen LogP contribution in [0.2, 0.25) is 0 Å². The summed E-state index contributed by atoms with van der Waals surface area (Å²) in [5, 5.41) is 10.5. The number of nitrogens with one attached hydrogen (secondary N) is 2. The predicted molar refractivity (Wildman–Crippen MR) is 65.5 cm³/mol. The molecule has 0 amide bonds. The van der Waals surface area contributed by atoms with Gasteiger partial charge in [0.2, 0.25) is 0 Å². The third-order valence-electron chi connectivity index (χ3n) is 3.97. The first-order valence-electron chi connectivity index (χ1n) is 6.61. The second-order valence-corrected chi connectivity index (χ2v) is 5.47. The van der Waals surface area contributed by atoms with Crippen molar-refractivity contribution in [1.82, 2.24) is 25.4 Å². The molecular formula is C12H21N5. The van der Waals surface area contributed by atoms with E-state index in [0.717, 1.165) is 17.9 Å². The van der Waals surface area contributed by atoms with Gasteiger partial charge in [0.15, 0.2) is 0 Å². The largest absolute Gasteiger partial charge is 0.303 e. The van der Waals surface area contributed by atoms with Crippen LogP contribution in [0.25, 0.3) is 0 Å². The molecule has 2 heterocycles. The summed E-state index contributed by atoms with van der Waals surface area (Å²) in [4.78, 5) is 6.86. The zero-order valence-corrected chi connectivity index (χ0v) is 10.6. The Hall–Kier alpha value is -0.940. The van der Waals surface area contributed by atoms with Crippen LogP contribution in [0.15, 0.2) is 6.33 Å². The summed E-state index contributed by atoms with van der Waals surface area (Å²) in [6.45, 7) is 5.67. The lowest BCUT2D eigenvalue weighted by atomic mass is 10.1. The highest BCUT2D eigenvalue weighted by molar-refractivity contribution is 4.98. The second-order valence-electron chi connectivity index (χ2n) is 5.47. The van der Waals surface area contributed by atoms with Crippen LogP contribution in [0.3, 0.4) is 0 Å². The van der Waals surface area contributed by atoms with E-state index < -0.39 is 0 Å². The molecule has 2 aliphatic rings. The number of hydrogen-bond acceptors (Lipinski definition) is 4. The Bertz CT molecular complexity index is 359. The first kappa shape index (κ1) is 11.2. The number of aromatic nitrogens is 3. The van der Waals surface area contributed by atoms with Crippen molar-refractivity contribution in [2.45, 2.75) is 57.3 Å². The van der Waals surface area contributed by atoms with Crippen molar-refractivity contribution in [3.05, 3.63) is 12.2 Å². The summed E-state index contributed by atoms with van der Waals surface area (Å²) in [6, 6.07) is 2.44. The number of H-pyrrole nitrogens is 1. The van der Waals surface area contributed by atoms with Crippen molar-refractivity contribution in [2.75, 3.05) is 6.54 Å². The van der Waals surface area contributed by atoms with E-state index in [-0.39, 0.29) is 6.04 Å². The SMILES string of the molecule is CC(NC1CC(C)N(C2CC2)C1)c1ncn[nH]1. The van der Waals surface area contributed by atoms with E-state index in [1.54, 1.807) is 6.33 Å². The average molecular weight is 235 g/mol. The molecule has 94 valence electrons. The monoisotopic (exact) mass is 235 g/mol. The van der Waals surface area contributed by atoms with Crippen LogP contribution in [-0.2, 0) is 0 Å². The lowest BCUT2D eigenvalue weighted by Gasteiger charge is -2.20. The lowest BCUT2D eigenvalue weighted by molar-refractivity contribution is 0.254. The molecule has 1 aliphatic carbocycles. The summed E-state index contributed by atoms with van der Waals surface area (Å²) in [5.74, 6) is 0.933. The summed E-state index contributed by atoms with van der Waals surface area (Å²) in [7, 11) is 0. The van der Waals surface area contributed by atoms with Crippen molar-refractivity contribution in [1.29, 1.82) is 0 Å². The minimum atomic E-state index is 0.258. The summed E-state index contributed by atoms with van der Waals surface area (Å²) in [5.41, 5.74) is 0. The Morgan fingerprint density at radius 3 is 3.00 bits per heavy atom. The van der Waals surface area contributed by atoms with Crippen molar-refractivity contribution < 1.29 is 0 Å². The van der Waals surface area contributed by atoms with Gasteiger partial charge in [0.05, 0.1) is 6.04 Å². The number of nitrogens with zero attached hydrogens (tertiary/aromatic N) is 3. The molecule has 0 aromatic carbocycles. The first-order chi connectivity index (χ1) is 8.24. The third-order valence-corrected chi connectivity index (χ3v) is 3.97. The quantitative estimate of drug-likeness (QED) is 0.820. The van der Waals surface area contributed by atoms with E-state index in [4.69, 9.17) is 0 Å². The Morgan fingerprint density at radius 1 is 1.53 bits per heavy atom. The van der Waals surface area contributed by atoms with Gasteiger partial charge in [-0.2, -0.15) is 5.10 Å². The van der Waals surface area contributed by atoms with Crippen molar-refractivity contribution in [3.63, 3.8) is 0 Å². The molecule has 3 atom stereocenters. The average Bonchev–Trinajstić information content (AvgIpc) is 2.86. The van der Waals surface area contributed by atoms with Crippen LogP contribution >= 0.6 is 0 Å². The Morgan fingerprint density at radius 2 is 2.35 bits per heavy atom. The van der Waals surface area contributed by atoms with Crippen molar-refractivity contribution >= 4 is 0 Å². The molecular weight excluding hydrogens is 214 g/mol. The highest BCUT2D eigenvalue weighted by Gasteiger charge is 2.39. The summed E-state index contributed by atoms with van der Waals surface area (Å²) < 4.78 is 0. The van der Waals surface area contributed by atoms with E-state index in [2.05, 4.69) is 39.2 Å². The van der Waals surface area contributed by atoms with E-state index in [0.29, 0.717) is 6.04 Å². The molecule has 1 saturated heterocycles. The van der Waals surface area contributed by atoms with E-state index in [1.165, 1.54) is 25.8 Å². The minimum Gasteiger partial charge on any atom is -0.303 e. The molecule has 0 bridgehead atoms. The maximum absolute atomic E-state index is 4.20. The highest BCUT2D eigenvalue weighted by Crippen LogP contribution is 2.33. The van der Waals surface area contributed by atoms with Gasteiger partial charge in [0.1, 0.15) is 12.2 Å². The van der Waals surface area contributed by atoms with Gasteiger partial charge in [-0.1, -0.05) is 0 Å². The van der Waals surface area contributed by atoms with Gasteiger partial charge in [0, 0.05) is 24.7 Å². The molecule has 0 spiro atoms. The van der Waals surface area contributed by atoms with Crippen LogP contribution < -0.4 is 5.32 Å². The molecule has 1 aliphatic heterocycles. The van der Waals surface area contributed by atoms with Gasteiger partial charge in [-0.3, -0.25) is 10.00 Å².